The maximum Gasteiger partial charge on any atom is 0.337 e. The van der Waals surface area contributed by atoms with Gasteiger partial charge in [-0.1, -0.05) is 12.1 Å². The molecule has 2 saturated heterocycles. The Hall–Kier alpha value is -4.37. The number of carbonyl (C=O) groups excluding carboxylic acids is 1. The van der Waals surface area contributed by atoms with Crippen LogP contribution in [-0.4, -0.2) is 64.4 Å². The van der Waals surface area contributed by atoms with Gasteiger partial charge in [-0.05, 0) is 55.7 Å². The molecule has 0 unspecified atom stereocenters. The molecule has 0 spiro atoms. The molecule has 0 bridgehead atoms. The van der Waals surface area contributed by atoms with Crippen LogP contribution >= 0.6 is 0 Å². The Morgan fingerprint density at radius 1 is 1.09 bits per heavy atom. The van der Waals surface area contributed by atoms with Crippen molar-refractivity contribution in [2.75, 3.05) is 26.8 Å². The third-order valence-electron chi connectivity index (χ3n) is 8.13. The second kappa shape index (κ2) is 13.5. The van der Waals surface area contributed by atoms with Crippen LogP contribution in [0.3, 0.4) is 0 Å². The summed E-state index contributed by atoms with van der Waals surface area (Å²) < 4.78 is 38.9. The number of hydrogen-bond acceptors (Lipinski definition) is 9. The van der Waals surface area contributed by atoms with Crippen molar-refractivity contribution < 1.29 is 28.1 Å². The molecule has 0 amide bonds. The zero-order valence-corrected chi connectivity index (χ0v) is 24.6. The van der Waals surface area contributed by atoms with E-state index < -0.39 is 5.82 Å². The SMILES string of the molecule is COC(=O)c1ccc2nc(CN3CCC(OCc4cccc(OCc5ccc(C#N)cc5F)n4)CC3)n(C[C@@H]3CCO3)c2c1. The number of pyridine rings is 1. The predicted molar refractivity (Wildman–Crippen MR) is 158 cm³/mol. The Morgan fingerprint density at radius 2 is 1.93 bits per heavy atom. The van der Waals surface area contributed by atoms with Gasteiger partial charge in [0.25, 0.3) is 0 Å². The van der Waals surface area contributed by atoms with E-state index in [0.717, 1.165) is 61.5 Å². The standard InChI is InChI=1S/C33H34FN5O5/c1-41-33(40)23-7-8-29-30(16-23)39(18-27-11-14-42-27)31(37-29)19-38-12-9-26(10-13-38)43-21-25-3-2-4-32(36-25)44-20-24-6-5-22(17-35)15-28(24)34/h2-8,15-16,26-27H,9-14,18-21H2,1H3/t27-/m0/s1. The Morgan fingerprint density at radius 3 is 2.66 bits per heavy atom. The third kappa shape index (κ3) is 6.89. The molecule has 1 atom stereocenters. The molecule has 44 heavy (non-hydrogen) atoms. The fourth-order valence-corrected chi connectivity index (χ4v) is 5.52. The molecule has 0 N–H and O–H groups in total. The van der Waals surface area contributed by atoms with Crippen molar-refractivity contribution >= 4 is 17.0 Å². The number of halogens is 1. The molecule has 2 aliphatic heterocycles. The van der Waals surface area contributed by atoms with Gasteiger partial charge in [0.2, 0.25) is 5.88 Å². The highest BCUT2D eigenvalue weighted by atomic mass is 19.1. The van der Waals surface area contributed by atoms with Crippen molar-refractivity contribution in [3.8, 4) is 11.9 Å². The summed E-state index contributed by atoms with van der Waals surface area (Å²) in [6.07, 6.45) is 3.04. The van der Waals surface area contributed by atoms with E-state index in [2.05, 4.69) is 14.5 Å². The lowest BCUT2D eigenvalue weighted by Crippen LogP contribution is -2.38. The molecule has 2 aliphatic rings. The molecule has 228 valence electrons. The maximum atomic E-state index is 14.2. The first-order chi connectivity index (χ1) is 21.5. The highest BCUT2D eigenvalue weighted by Crippen LogP contribution is 2.25. The van der Waals surface area contributed by atoms with Crippen LogP contribution in [0.25, 0.3) is 11.0 Å². The first-order valence-corrected chi connectivity index (χ1v) is 14.8. The number of esters is 1. The first kappa shape index (κ1) is 29.7. The molecule has 11 heteroatoms. The number of methoxy groups -OCH3 is 1. The number of aromatic nitrogens is 3. The monoisotopic (exact) mass is 599 g/mol. The van der Waals surface area contributed by atoms with Crippen LogP contribution < -0.4 is 4.74 Å². The van der Waals surface area contributed by atoms with Gasteiger partial charge >= 0.3 is 5.97 Å². The summed E-state index contributed by atoms with van der Waals surface area (Å²) in [7, 11) is 1.39. The quantitative estimate of drug-likeness (QED) is 0.225. The van der Waals surface area contributed by atoms with Gasteiger partial charge in [0.15, 0.2) is 0 Å². The average molecular weight is 600 g/mol. The van der Waals surface area contributed by atoms with Gasteiger partial charge in [-0.2, -0.15) is 5.26 Å². The number of nitriles is 1. The molecule has 2 fully saturated rings. The number of carbonyl (C=O) groups is 1. The Balaban J connectivity index is 1.02. The van der Waals surface area contributed by atoms with Crippen molar-refractivity contribution in [3.05, 3.63) is 88.6 Å². The van der Waals surface area contributed by atoms with Crippen LogP contribution in [0.5, 0.6) is 5.88 Å². The van der Waals surface area contributed by atoms with Crippen LogP contribution in [0.4, 0.5) is 4.39 Å². The summed E-state index contributed by atoms with van der Waals surface area (Å²) in [5.74, 6) is 0.501. The molecule has 0 saturated carbocycles. The number of benzene rings is 2. The molecular formula is C33H34FN5O5. The van der Waals surface area contributed by atoms with Crippen LogP contribution in [0.15, 0.2) is 54.6 Å². The number of likely N-dealkylation sites (tertiary alicyclic amines) is 1. The number of rotatable bonds is 11. The highest BCUT2D eigenvalue weighted by molar-refractivity contribution is 5.93. The summed E-state index contributed by atoms with van der Waals surface area (Å²) in [5, 5.41) is 8.92. The van der Waals surface area contributed by atoms with E-state index in [0.29, 0.717) is 36.7 Å². The lowest BCUT2D eigenvalue weighted by atomic mass is 10.1. The van der Waals surface area contributed by atoms with Gasteiger partial charge in [0, 0.05) is 31.3 Å². The Bertz CT molecular complexity index is 1670. The molecule has 2 aromatic heterocycles. The normalized spacial score (nSPS) is 17.2. The lowest BCUT2D eigenvalue weighted by Gasteiger charge is -2.32. The zero-order chi connectivity index (χ0) is 30.5. The van der Waals surface area contributed by atoms with Crippen molar-refractivity contribution in [2.45, 2.75) is 57.8 Å². The number of piperidine rings is 1. The summed E-state index contributed by atoms with van der Waals surface area (Å²) in [5.41, 5.74) is 3.64. The first-order valence-electron chi connectivity index (χ1n) is 14.8. The zero-order valence-electron chi connectivity index (χ0n) is 24.6. The molecule has 6 rings (SSSR count). The molecular weight excluding hydrogens is 565 g/mol. The minimum absolute atomic E-state index is 0.0151. The molecule has 0 aliphatic carbocycles. The number of fused-ring (bicyclic) bond motifs is 1. The minimum atomic E-state index is -0.479. The maximum absolute atomic E-state index is 14.2. The van der Waals surface area contributed by atoms with Crippen LogP contribution in [0, 0.1) is 17.1 Å². The second-order valence-electron chi connectivity index (χ2n) is 11.1. The van der Waals surface area contributed by atoms with Crippen molar-refractivity contribution in [1.82, 2.24) is 19.4 Å². The largest absolute Gasteiger partial charge is 0.473 e. The fraction of sp³-hybridized carbons (Fsp3) is 0.394. The Kier molecular flexibility index (Phi) is 9.12. The van der Waals surface area contributed by atoms with Gasteiger partial charge in [0.1, 0.15) is 18.2 Å². The van der Waals surface area contributed by atoms with E-state index in [1.54, 1.807) is 24.3 Å². The van der Waals surface area contributed by atoms with E-state index in [9.17, 15) is 9.18 Å². The van der Waals surface area contributed by atoms with E-state index in [4.69, 9.17) is 29.2 Å². The van der Waals surface area contributed by atoms with Crippen molar-refractivity contribution in [1.29, 1.82) is 5.26 Å². The molecule has 2 aromatic carbocycles. The fourth-order valence-electron chi connectivity index (χ4n) is 5.52. The minimum Gasteiger partial charge on any atom is -0.473 e. The van der Waals surface area contributed by atoms with Gasteiger partial charge < -0.3 is 23.5 Å². The summed E-state index contributed by atoms with van der Waals surface area (Å²) in [6.45, 7) is 4.28. The van der Waals surface area contributed by atoms with E-state index in [1.165, 1.54) is 13.2 Å². The van der Waals surface area contributed by atoms with Crippen LogP contribution in [0.1, 0.15) is 52.3 Å². The molecule has 10 nitrogen and oxygen atoms in total. The van der Waals surface area contributed by atoms with Crippen molar-refractivity contribution in [2.24, 2.45) is 0 Å². The summed E-state index contributed by atoms with van der Waals surface area (Å²) in [6, 6.07) is 17.2. The van der Waals surface area contributed by atoms with Crippen molar-refractivity contribution in [3.63, 3.8) is 0 Å². The average Bonchev–Trinajstić information content (AvgIpc) is 3.37. The Labute approximate surface area is 254 Å². The third-order valence-corrected chi connectivity index (χ3v) is 8.13. The van der Waals surface area contributed by atoms with E-state index in [-0.39, 0.29) is 30.3 Å². The summed E-state index contributed by atoms with van der Waals surface area (Å²) >= 11 is 0. The van der Waals surface area contributed by atoms with E-state index >= 15 is 0 Å². The molecule has 0 radical (unpaired) electrons. The number of ether oxygens (including phenoxy) is 4. The number of nitrogens with zero attached hydrogens (tertiary/aromatic N) is 5. The number of hydrogen-bond donors (Lipinski definition) is 0. The second-order valence-corrected chi connectivity index (χ2v) is 11.1. The van der Waals surface area contributed by atoms with Gasteiger partial charge in [-0.25, -0.2) is 19.2 Å². The number of imidazole rings is 1. The highest BCUT2D eigenvalue weighted by Gasteiger charge is 2.25. The van der Waals surface area contributed by atoms with Gasteiger partial charge in [0.05, 0.1) is 72.9 Å². The van der Waals surface area contributed by atoms with Crippen LogP contribution in [0.2, 0.25) is 0 Å². The topological polar surface area (TPSA) is 112 Å². The van der Waals surface area contributed by atoms with Gasteiger partial charge in [-0.3, -0.25) is 4.90 Å². The lowest BCUT2D eigenvalue weighted by molar-refractivity contribution is -0.0593. The van der Waals surface area contributed by atoms with E-state index in [1.807, 2.05) is 30.3 Å². The molecule has 4 aromatic rings. The van der Waals surface area contributed by atoms with Gasteiger partial charge in [-0.15, -0.1) is 0 Å². The molecule has 4 heterocycles. The summed E-state index contributed by atoms with van der Waals surface area (Å²) in [4.78, 5) is 24.0. The smallest absolute Gasteiger partial charge is 0.337 e. The predicted octanol–water partition coefficient (Wildman–Crippen LogP) is 4.78. The van der Waals surface area contributed by atoms with Crippen LogP contribution in [-0.2, 0) is 40.5 Å².